The molecule has 27 heavy (non-hydrogen) atoms. The van der Waals surface area contributed by atoms with Crippen LogP contribution in [0.15, 0.2) is 71.2 Å². The molecule has 1 fully saturated rings. The van der Waals surface area contributed by atoms with Crippen LogP contribution in [-0.2, 0) is 0 Å². The maximum Gasteiger partial charge on any atom is 0.136 e. The quantitative estimate of drug-likeness (QED) is 0.737. The summed E-state index contributed by atoms with van der Waals surface area (Å²) in [6.07, 6.45) is 1.50. The molecule has 0 bridgehead atoms. The van der Waals surface area contributed by atoms with Gasteiger partial charge in [-0.1, -0.05) is 36.4 Å². The van der Waals surface area contributed by atoms with Gasteiger partial charge in [-0.2, -0.15) is 0 Å². The van der Waals surface area contributed by atoms with Gasteiger partial charge < -0.3 is 10.4 Å². The van der Waals surface area contributed by atoms with Crippen LogP contribution in [0.4, 0.5) is 5.82 Å². The third-order valence-corrected chi connectivity index (χ3v) is 6.02. The lowest BCUT2D eigenvalue weighted by atomic mass is 10.0. The molecule has 2 unspecified atom stereocenters. The molecule has 2 aliphatic rings. The lowest BCUT2D eigenvalue weighted by molar-refractivity contribution is -0.0233. The number of nitrogens with one attached hydrogen (secondary N) is 1. The van der Waals surface area contributed by atoms with E-state index in [0.29, 0.717) is 13.1 Å². The van der Waals surface area contributed by atoms with Gasteiger partial charge in [-0.3, -0.25) is 9.89 Å². The van der Waals surface area contributed by atoms with E-state index in [0.717, 1.165) is 22.7 Å². The summed E-state index contributed by atoms with van der Waals surface area (Å²) in [7, 11) is 0. The average Bonchev–Trinajstić information content (AvgIpc) is 3.15. The summed E-state index contributed by atoms with van der Waals surface area (Å²) in [5.74, 6) is 0.838. The Hall–Kier alpha value is -2.54. The zero-order chi connectivity index (χ0) is 18.2. The van der Waals surface area contributed by atoms with E-state index in [2.05, 4.69) is 50.9 Å². The van der Waals surface area contributed by atoms with Crippen LogP contribution in [0.5, 0.6) is 0 Å². The standard InChI is InChI=1S/C21H20N4OS/c26-15-12-25(13-15)21-19(17-9-5-11-27-17)23-18(14-6-2-1-3-7-14)16-8-4-10-22-20(16)24-21/h1-11,15,19,21,26H,12-13H2,(H,22,24). The second-order valence-corrected chi connectivity index (χ2v) is 7.88. The Morgan fingerprint density at radius 2 is 1.89 bits per heavy atom. The van der Waals surface area contributed by atoms with Crippen molar-refractivity contribution in [3.8, 4) is 0 Å². The van der Waals surface area contributed by atoms with Crippen LogP contribution in [0.3, 0.4) is 0 Å². The molecule has 1 saturated heterocycles. The van der Waals surface area contributed by atoms with E-state index in [1.165, 1.54) is 4.88 Å². The minimum absolute atomic E-state index is 0.0399. The zero-order valence-electron chi connectivity index (χ0n) is 14.7. The number of aliphatic hydroxyl groups is 1. The molecule has 6 heteroatoms. The number of hydrogen-bond acceptors (Lipinski definition) is 6. The number of anilines is 1. The highest BCUT2D eigenvalue weighted by atomic mass is 32.1. The fourth-order valence-electron chi connectivity index (χ4n) is 3.72. The highest BCUT2D eigenvalue weighted by Crippen LogP contribution is 2.36. The van der Waals surface area contributed by atoms with Crippen LogP contribution in [0.1, 0.15) is 22.0 Å². The Bertz CT molecular complexity index is 951. The van der Waals surface area contributed by atoms with Crippen LogP contribution in [0.25, 0.3) is 0 Å². The van der Waals surface area contributed by atoms with Crippen molar-refractivity contribution in [3.63, 3.8) is 0 Å². The van der Waals surface area contributed by atoms with Crippen molar-refractivity contribution in [3.05, 3.63) is 82.2 Å². The smallest absolute Gasteiger partial charge is 0.136 e. The predicted molar refractivity (Wildman–Crippen MR) is 108 cm³/mol. The lowest BCUT2D eigenvalue weighted by Crippen LogP contribution is -2.59. The fraction of sp³-hybridized carbons (Fsp3) is 0.238. The molecule has 0 saturated carbocycles. The summed E-state index contributed by atoms with van der Waals surface area (Å²) in [5, 5.41) is 15.5. The molecule has 2 N–H and O–H groups in total. The molecule has 0 amide bonds. The number of likely N-dealkylation sites (tertiary alicyclic amines) is 1. The second-order valence-electron chi connectivity index (χ2n) is 6.90. The summed E-state index contributed by atoms with van der Waals surface area (Å²) < 4.78 is 0. The number of fused-ring (bicyclic) bond motifs is 1. The number of β-amino-alcohol motifs (C(OH)–C–C–N with tert-alkyl or cyclic N) is 1. The topological polar surface area (TPSA) is 60.8 Å². The molecule has 0 aliphatic carbocycles. The molecule has 2 aromatic heterocycles. The number of hydrogen-bond donors (Lipinski definition) is 2. The Morgan fingerprint density at radius 3 is 2.63 bits per heavy atom. The molecular formula is C21H20N4OS. The van der Waals surface area contributed by atoms with Crippen molar-refractivity contribution in [2.45, 2.75) is 18.3 Å². The van der Waals surface area contributed by atoms with Gasteiger partial charge in [0, 0.05) is 35.3 Å². The summed E-state index contributed by atoms with van der Waals surface area (Å²) in [5.41, 5.74) is 3.04. The molecule has 136 valence electrons. The molecule has 0 spiro atoms. The molecule has 5 rings (SSSR count). The monoisotopic (exact) mass is 376 g/mol. The first kappa shape index (κ1) is 16.6. The maximum absolute atomic E-state index is 9.84. The van der Waals surface area contributed by atoms with Crippen LogP contribution < -0.4 is 5.32 Å². The number of aromatic nitrogens is 1. The number of thiophene rings is 1. The zero-order valence-corrected chi connectivity index (χ0v) is 15.5. The third-order valence-electron chi connectivity index (χ3n) is 5.08. The van der Waals surface area contributed by atoms with E-state index < -0.39 is 0 Å². The normalized spacial score (nSPS) is 22.9. The summed E-state index contributed by atoms with van der Waals surface area (Å²) >= 11 is 1.71. The van der Waals surface area contributed by atoms with Crippen molar-refractivity contribution in [2.24, 2.45) is 4.99 Å². The molecule has 2 atom stereocenters. The molecule has 5 nitrogen and oxygen atoms in total. The van der Waals surface area contributed by atoms with Gasteiger partial charge in [0.2, 0.25) is 0 Å². The first-order chi connectivity index (χ1) is 13.3. The molecule has 4 heterocycles. The van der Waals surface area contributed by atoms with Gasteiger partial charge in [0.15, 0.2) is 0 Å². The minimum atomic E-state index is -0.264. The number of benzene rings is 1. The fourth-order valence-corrected chi connectivity index (χ4v) is 4.51. The van der Waals surface area contributed by atoms with Gasteiger partial charge in [-0.15, -0.1) is 11.3 Å². The predicted octanol–water partition coefficient (Wildman–Crippen LogP) is 3.15. The largest absolute Gasteiger partial charge is 0.390 e. The molecule has 1 aromatic carbocycles. The van der Waals surface area contributed by atoms with Gasteiger partial charge in [-0.25, -0.2) is 4.98 Å². The van der Waals surface area contributed by atoms with Crippen molar-refractivity contribution in [2.75, 3.05) is 18.4 Å². The van der Waals surface area contributed by atoms with Crippen molar-refractivity contribution >= 4 is 22.9 Å². The number of nitrogens with zero attached hydrogens (tertiary/aromatic N) is 3. The van der Waals surface area contributed by atoms with Crippen LogP contribution in [0.2, 0.25) is 0 Å². The maximum atomic E-state index is 9.84. The van der Waals surface area contributed by atoms with Gasteiger partial charge in [0.25, 0.3) is 0 Å². The highest BCUT2D eigenvalue weighted by molar-refractivity contribution is 7.10. The van der Waals surface area contributed by atoms with Gasteiger partial charge in [0.05, 0.1) is 11.8 Å². The summed E-state index contributed by atoms with van der Waals surface area (Å²) in [6.45, 7) is 1.30. The minimum Gasteiger partial charge on any atom is -0.390 e. The summed E-state index contributed by atoms with van der Waals surface area (Å²) in [6, 6.07) is 18.4. The number of aliphatic imine (C=N–C) groups is 1. The Balaban J connectivity index is 1.67. The number of aliphatic hydroxyl groups excluding tert-OH is 1. The number of pyridine rings is 1. The Morgan fingerprint density at radius 1 is 1.04 bits per heavy atom. The van der Waals surface area contributed by atoms with Crippen molar-refractivity contribution < 1.29 is 5.11 Å². The van der Waals surface area contributed by atoms with Gasteiger partial charge >= 0.3 is 0 Å². The molecule has 0 radical (unpaired) electrons. The lowest BCUT2D eigenvalue weighted by Gasteiger charge is -2.43. The Kier molecular flexibility index (Phi) is 4.24. The van der Waals surface area contributed by atoms with E-state index in [1.54, 1.807) is 11.3 Å². The first-order valence-electron chi connectivity index (χ1n) is 9.10. The van der Waals surface area contributed by atoms with Crippen LogP contribution in [0, 0.1) is 0 Å². The van der Waals surface area contributed by atoms with E-state index in [1.807, 2.05) is 30.5 Å². The first-order valence-corrected chi connectivity index (χ1v) is 9.98. The molecule has 2 aliphatic heterocycles. The SMILES string of the molecule is OC1CN(C2Nc3ncccc3C(c3ccccc3)=NC2c2cccs2)C1. The third kappa shape index (κ3) is 3.06. The van der Waals surface area contributed by atoms with Gasteiger partial charge in [0.1, 0.15) is 18.0 Å². The van der Waals surface area contributed by atoms with Crippen molar-refractivity contribution in [1.29, 1.82) is 0 Å². The van der Waals surface area contributed by atoms with Crippen LogP contribution >= 0.6 is 11.3 Å². The van der Waals surface area contributed by atoms with Crippen molar-refractivity contribution in [1.82, 2.24) is 9.88 Å². The average molecular weight is 376 g/mol. The van der Waals surface area contributed by atoms with E-state index >= 15 is 0 Å². The Labute approximate surface area is 162 Å². The van der Waals surface area contributed by atoms with Crippen LogP contribution in [-0.4, -0.2) is 46.1 Å². The molecule has 3 aromatic rings. The number of rotatable bonds is 3. The van der Waals surface area contributed by atoms with E-state index in [-0.39, 0.29) is 18.3 Å². The summed E-state index contributed by atoms with van der Waals surface area (Å²) in [4.78, 5) is 13.3. The highest BCUT2D eigenvalue weighted by Gasteiger charge is 2.39. The van der Waals surface area contributed by atoms with E-state index in [4.69, 9.17) is 4.99 Å². The van der Waals surface area contributed by atoms with E-state index in [9.17, 15) is 5.11 Å². The van der Waals surface area contributed by atoms with Gasteiger partial charge in [-0.05, 0) is 23.6 Å². The second kappa shape index (κ2) is 6.88. The molecular weight excluding hydrogens is 356 g/mol.